The van der Waals surface area contributed by atoms with Crippen LogP contribution in [0.25, 0.3) is 0 Å². The van der Waals surface area contributed by atoms with Gasteiger partial charge < -0.3 is 9.72 Å². The van der Waals surface area contributed by atoms with Crippen LogP contribution < -0.4 is 0 Å². The number of carbonyl (C=O) groups excluding carboxylic acids is 2. The molecule has 0 aliphatic heterocycles. The molecule has 0 saturated heterocycles. The number of Topliss-reactive ketones (excluding diaryl/α,β-unsaturated/α-hetero) is 1. The minimum absolute atomic E-state index is 0.114. The summed E-state index contributed by atoms with van der Waals surface area (Å²) >= 11 is 0. The number of ether oxygens (including phenoxy) is 1. The van der Waals surface area contributed by atoms with Crippen LogP contribution in [0.1, 0.15) is 33.3 Å². The maximum absolute atomic E-state index is 11.7. The predicted molar refractivity (Wildman–Crippen MR) is 66.4 cm³/mol. The highest BCUT2D eigenvalue weighted by atomic mass is 16.5. The van der Waals surface area contributed by atoms with Crippen molar-refractivity contribution in [2.45, 2.75) is 13.5 Å². The molecular weight excluding hydrogens is 230 g/mol. The molecule has 1 heterocycles. The number of aromatic amines is 1. The first-order valence-electron chi connectivity index (χ1n) is 5.57. The monoisotopic (exact) mass is 243 g/mol. The van der Waals surface area contributed by atoms with Gasteiger partial charge in [-0.25, -0.2) is 4.79 Å². The fraction of sp³-hybridized carbons (Fsp3) is 0.143. The van der Waals surface area contributed by atoms with Crippen LogP contribution in [-0.4, -0.2) is 16.7 Å². The highest BCUT2D eigenvalue weighted by Gasteiger charge is 2.11. The van der Waals surface area contributed by atoms with Crippen LogP contribution in [0.15, 0.2) is 42.6 Å². The van der Waals surface area contributed by atoms with E-state index in [0.29, 0.717) is 11.3 Å². The van der Waals surface area contributed by atoms with Crippen molar-refractivity contribution in [3.8, 4) is 0 Å². The van der Waals surface area contributed by atoms with E-state index in [0.717, 1.165) is 5.56 Å². The Morgan fingerprint density at radius 2 is 1.94 bits per heavy atom. The van der Waals surface area contributed by atoms with Gasteiger partial charge in [0.25, 0.3) is 0 Å². The number of ketones is 1. The SMILES string of the molecule is CC(=O)c1cc(C(=O)OCc2ccccc2)c[nH]1. The minimum Gasteiger partial charge on any atom is -0.457 e. The number of esters is 1. The van der Waals surface area contributed by atoms with Gasteiger partial charge in [0.05, 0.1) is 11.3 Å². The third kappa shape index (κ3) is 2.85. The van der Waals surface area contributed by atoms with E-state index in [1.54, 1.807) is 0 Å². The van der Waals surface area contributed by atoms with Crippen LogP contribution in [0.5, 0.6) is 0 Å². The maximum Gasteiger partial charge on any atom is 0.340 e. The molecule has 1 aromatic heterocycles. The van der Waals surface area contributed by atoms with E-state index in [1.807, 2.05) is 30.3 Å². The van der Waals surface area contributed by atoms with Crippen molar-refractivity contribution < 1.29 is 14.3 Å². The lowest BCUT2D eigenvalue weighted by Crippen LogP contribution is -2.04. The topological polar surface area (TPSA) is 59.2 Å². The van der Waals surface area contributed by atoms with Gasteiger partial charge in [0.2, 0.25) is 0 Å². The first kappa shape index (κ1) is 12.1. The molecule has 1 aromatic carbocycles. The molecular formula is C14H13NO3. The minimum atomic E-state index is -0.442. The molecule has 0 unspecified atom stereocenters. The highest BCUT2D eigenvalue weighted by molar-refractivity contribution is 5.96. The number of hydrogen-bond acceptors (Lipinski definition) is 3. The molecule has 0 aliphatic carbocycles. The molecule has 4 nitrogen and oxygen atoms in total. The van der Waals surface area contributed by atoms with Gasteiger partial charge in [-0.05, 0) is 11.6 Å². The average molecular weight is 243 g/mol. The molecule has 2 aromatic rings. The zero-order chi connectivity index (χ0) is 13.0. The number of hydrogen-bond donors (Lipinski definition) is 1. The molecule has 0 amide bonds. The third-order valence-electron chi connectivity index (χ3n) is 2.51. The summed E-state index contributed by atoms with van der Waals surface area (Å²) in [5, 5.41) is 0. The predicted octanol–water partition coefficient (Wildman–Crippen LogP) is 2.57. The van der Waals surface area contributed by atoms with Gasteiger partial charge in [0.15, 0.2) is 5.78 Å². The third-order valence-corrected chi connectivity index (χ3v) is 2.51. The quantitative estimate of drug-likeness (QED) is 0.663. The van der Waals surface area contributed by atoms with Crippen LogP contribution in [0.2, 0.25) is 0 Å². The van der Waals surface area contributed by atoms with Crippen molar-refractivity contribution in [3.63, 3.8) is 0 Å². The Morgan fingerprint density at radius 3 is 2.56 bits per heavy atom. The second-order valence-electron chi connectivity index (χ2n) is 3.92. The van der Waals surface area contributed by atoms with Gasteiger partial charge >= 0.3 is 5.97 Å². The first-order valence-corrected chi connectivity index (χ1v) is 5.57. The number of rotatable bonds is 4. The van der Waals surface area contributed by atoms with Crippen LogP contribution in [-0.2, 0) is 11.3 Å². The summed E-state index contributed by atoms with van der Waals surface area (Å²) in [5.74, 6) is -0.556. The first-order chi connectivity index (χ1) is 8.66. The Bertz CT molecular complexity index is 557. The van der Waals surface area contributed by atoms with Gasteiger partial charge in [-0.1, -0.05) is 30.3 Å². The van der Waals surface area contributed by atoms with Crippen molar-refractivity contribution in [1.82, 2.24) is 4.98 Å². The van der Waals surface area contributed by atoms with Crippen LogP contribution >= 0.6 is 0 Å². The zero-order valence-electron chi connectivity index (χ0n) is 9.97. The van der Waals surface area contributed by atoms with Crippen molar-refractivity contribution in [1.29, 1.82) is 0 Å². The smallest absolute Gasteiger partial charge is 0.340 e. The van der Waals surface area contributed by atoms with Gasteiger partial charge in [-0.15, -0.1) is 0 Å². The lowest BCUT2D eigenvalue weighted by atomic mass is 10.2. The molecule has 0 bridgehead atoms. The van der Waals surface area contributed by atoms with Gasteiger partial charge in [-0.3, -0.25) is 4.79 Å². The van der Waals surface area contributed by atoms with Crippen molar-refractivity contribution >= 4 is 11.8 Å². The van der Waals surface area contributed by atoms with Gasteiger partial charge in [-0.2, -0.15) is 0 Å². The van der Waals surface area contributed by atoms with E-state index < -0.39 is 5.97 Å². The molecule has 0 aliphatic rings. The second kappa shape index (κ2) is 5.31. The van der Waals surface area contributed by atoms with E-state index in [4.69, 9.17) is 4.74 Å². The van der Waals surface area contributed by atoms with Crippen molar-refractivity contribution in [2.24, 2.45) is 0 Å². The summed E-state index contributed by atoms with van der Waals surface area (Å²) in [5.41, 5.74) is 1.69. The number of nitrogens with one attached hydrogen (secondary N) is 1. The molecule has 0 spiro atoms. The molecule has 92 valence electrons. The van der Waals surface area contributed by atoms with Crippen molar-refractivity contribution in [2.75, 3.05) is 0 Å². The second-order valence-corrected chi connectivity index (χ2v) is 3.92. The van der Waals surface area contributed by atoms with E-state index in [1.165, 1.54) is 19.2 Å². The Morgan fingerprint density at radius 1 is 1.22 bits per heavy atom. The number of carbonyl (C=O) groups is 2. The summed E-state index contributed by atoms with van der Waals surface area (Å²) in [4.78, 5) is 25.5. The number of benzene rings is 1. The molecule has 0 radical (unpaired) electrons. The molecule has 18 heavy (non-hydrogen) atoms. The zero-order valence-corrected chi connectivity index (χ0v) is 9.97. The summed E-state index contributed by atoms with van der Waals surface area (Å²) in [7, 11) is 0. The Kier molecular flexibility index (Phi) is 3.57. The lowest BCUT2D eigenvalue weighted by molar-refractivity contribution is 0.0473. The fourth-order valence-corrected chi connectivity index (χ4v) is 1.52. The van der Waals surface area contributed by atoms with Crippen molar-refractivity contribution in [3.05, 3.63) is 59.4 Å². The molecule has 2 rings (SSSR count). The summed E-state index contributed by atoms with van der Waals surface area (Å²) < 4.78 is 5.14. The Hall–Kier alpha value is -2.36. The molecule has 1 N–H and O–H groups in total. The summed E-state index contributed by atoms with van der Waals surface area (Å²) in [6, 6.07) is 10.9. The molecule has 0 atom stereocenters. The maximum atomic E-state index is 11.7. The summed E-state index contributed by atoms with van der Waals surface area (Å²) in [6.45, 7) is 1.66. The van der Waals surface area contributed by atoms with Gasteiger partial charge in [0, 0.05) is 13.1 Å². The number of H-pyrrole nitrogens is 1. The molecule has 0 fully saturated rings. The normalized spacial score (nSPS) is 10.1. The van der Waals surface area contributed by atoms with E-state index >= 15 is 0 Å². The fourth-order valence-electron chi connectivity index (χ4n) is 1.52. The highest BCUT2D eigenvalue weighted by Crippen LogP contribution is 2.08. The van der Waals surface area contributed by atoms with E-state index in [2.05, 4.69) is 4.98 Å². The summed E-state index contributed by atoms with van der Waals surface area (Å²) in [6.07, 6.45) is 1.48. The number of aromatic nitrogens is 1. The lowest BCUT2D eigenvalue weighted by Gasteiger charge is -2.02. The average Bonchev–Trinajstić information content (AvgIpc) is 2.87. The molecule has 4 heteroatoms. The van der Waals surface area contributed by atoms with E-state index in [9.17, 15) is 9.59 Å². The Labute approximate surface area is 105 Å². The van der Waals surface area contributed by atoms with Crippen LogP contribution in [0.3, 0.4) is 0 Å². The Balaban J connectivity index is 1.97. The van der Waals surface area contributed by atoms with Crippen LogP contribution in [0.4, 0.5) is 0 Å². The standard InChI is InChI=1S/C14H13NO3/c1-10(16)13-7-12(8-15-13)14(17)18-9-11-5-3-2-4-6-11/h2-8,15H,9H2,1H3. The van der Waals surface area contributed by atoms with Gasteiger partial charge in [0.1, 0.15) is 6.61 Å². The van der Waals surface area contributed by atoms with Crippen LogP contribution in [0, 0.1) is 0 Å². The largest absolute Gasteiger partial charge is 0.457 e. The van der Waals surface area contributed by atoms with E-state index in [-0.39, 0.29) is 12.4 Å². The molecule has 0 saturated carbocycles.